The zero-order valence-electron chi connectivity index (χ0n) is 47.5. The lowest BCUT2D eigenvalue weighted by Gasteiger charge is -2.40. The number of aliphatic hydroxyl groups is 2. The van der Waals surface area contributed by atoms with Gasteiger partial charge < -0.3 is 39.0 Å². The molecule has 3 N–H and O–H groups in total. The molecule has 0 aromatic rings. The molecule has 1 aliphatic heterocycles. The topological polar surface area (TPSA) is 175 Å². The number of hydrogen-bond acceptors (Lipinski definition) is 11. The van der Waals surface area contributed by atoms with Crippen LogP contribution in [0, 0.1) is 0 Å². The Morgan fingerprint density at radius 2 is 0.840 bits per heavy atom. The maximum atomic E-state index is 13.2. The SMILES string of the molecule is CC/C=C\C/C=C\C/C=C\C/C=C\C/C=C\CCCC(=O)OCC(COC1OC(C(=O)O)C(O)C(O)C1OC(=O)CCCCCCCCCCCCC)OC(=O)CCCCCCCCCCCCCCCCCCC. The fourth-order valence-corrected chi connectivity index (χ4v) is 8.99. The fraction of sp³-hybridized carbons (Fsp3) is 0.778. The highest BCUT2D eigenvalue weighted by Crippen LogP contribution is 2.26. The van der Waals surface area contributed by atoms with Crippen LogP contribution in [0.25, 0.3) is 0 Å². The predicted molar refractivity (Wildman–Crippen MR) is 303 cm³/mol. The van der Waals surface area contributed by atoms with Crippen LogP contribution in [0.15, 0.2) is 60.8 Å². The second-order valence-corrected chi connectivity index (χ2v) is 20.6. The van der Waals surface area contributed by atoms with Gasteiger partial charge >= 0.3 is 23.9 Å². The second kappa shape index (κ2) is 51.2. The lowest BCUT2D eigenvalue weighted by Crippen LogP contribution is -2.61. The van der Waals surface area contributed by atoms with Crippen molar-refractivity contribution in [2.45, 2.75) is 302 Å². The Balaban J connectivity index is 2.71. The number of allylic oxidation sites excluding steroid dienone is 10. The summed E-state index contributed by atoms with van der Waals surface area (Å²) < 4.78 is 28.4. The first-order valence-electron chi connectivity index (χ1n) is 30.3. The van der Waals surface area contributed by atoms with Crippen LogP contribution >= 0.6 is 0 Å². The average molecular weight is 1060 g/mol. The highest BCUT2D eigenvalue weighted by Gasteiger charge is 2.50. The first kappa shape index (κ1) is 69.4. The summed E-state index contributed by atoms with van der Waals surface area (Å²) in [7, 11) is 0. The van der Waals surface area contributed by atoms with Crippen LogP contribution in [0.3, 0.4) is 0 Å². The van der Waals surface area contributed by atoms with Crippen molar-refractivity contribution in [3.05, 3.63) is 60.8 Å². The van der Waals surface area contributed by atoms with Gasteiger partial charge in [-0.25, -0.2) is 4.79 Å². The number of unbranched alkanes of at least 4 members (excludes halogenated alkanes) is 27. The molecule has 1 saturated heterocycles. The van der Waals surface area contributed by atoms with E-state index in [2.05, 4.69) is 75.5 Å². The van der Waals surface area contributed by atoms with Gasteiger partial charge in [-0.3, -0.25) is 14.4 Å². The zero-order chi connectivity index (χ0) is 54.7. The van der Waals surface area contributed by atoms with Crippen LogP contribution < -0.4 is 0 Å². The predicted octanol–water partition coefficient (Wildman–Crippen LogP) is 15.6. The number of carbonyl (C=O) groups is 4. The van der Waals surface area contributed by atoms with Crippen LogP contribution in [0.2, 0.25) is 0 Å². The summed E-state index contributed by atoms with van der Waals surface area (Å²) in [5, 5.41) is 31.4. The van der Waals surface area contributed by atoms with Crippen molar-refractivity contribution in [3.8, 4) is 0 Å². The summed E-state index contributed by atoms with van der Waals surface area (Å²) in [4.78, 5) is 51.1. The Kier molecular flexibility index (Phi) is 47.4. The van der Waals surface area contributed by atoms with Gasteiger partial charge in [0, 0.05) is 19.3 Å². The standard InChI is InChI=1S/C63H108O12/c1-4-7-10-13-16-19-22-24-26-28-30-32-35-37-40-43-46-49-55(64)71-52-54(73-56(65)50-47-44-41-39-36-33-31-29-27-25-23-20-17-14-11-8-5-2)53-72-63-61(59(68)58(67)60(75-63)62(69)70)74-57(66)51-48-45-42-38-34-21-18-15-12-9-6-3/h7,10,16,19,24,26,30,32,37,40,54,58-61,63,67-68H,4-6,8-9,11-15,17-18,20-23,25,27-29,31,33-36,38-39,41-53H2,1-3H3,(H,69,70)/b10-7-,19-16-,26-24-,32-30-,40-37-. The number of aliphatic carboxylic acids is 1. The van der Waals surface area contributed by atoms with Crippen molar-refractivity contribution >= 4 is 23.9 Å². The number of esters is 3. The van der Waals surface area contributed by atoms with E-state index >= 15 is 0 Å². The van der Waals surface area contributed by atoms with Gasteiger partial charge in [-0.1, -0.05) is 248 Å². The molecule has 0 aliphatic carbocycles. The Labute approximate surface area is 456 Å². The zero-order valence-corrected chi connectivity index (χ0v) is 47.5. The van der Waals surface area contributed by atoms with E-state index in [-0.39, 0.29) is 25.9 Å². The molecule has 432 valence electrons. The third-order valence-corrected chi connectivity index (χ3v) is 13.6. The summed E-state index contributed by atoms with van der Waals surface area (Å²) in [6, 6.07) is 0. The summed E-state index contributed by atoms with van der Waals surface area (Å²) in [5.41, 5.74) is 0. The van der Waals surface area contributed by atoms with Crippen molar-refractivity contribution in [1.82, 2.24) is 0 Å². The smallest absolute Gasteiger partial charge is 0.335 e. The first-order chi connectivity index (χ1) is 36.6. The molecule has 0 aromatic heterocycles. The molecular formula is C63H108O12. The second-order valence-electron chi connectivity index (χ2n) is 20.6. The molecule has 12 heteroatoms. The van der Waals surface area contributed by atoms with Gasteiger partial charge in [0.05, 0.1) is 6.61 Å². The molecule has 12 nitrogen and oxygen atoms in total. The maximum absolute atomic E-state index is 13.2. The molecule has 0 saturated carbocycles. The van der Waals surface area contributed by atoms with Crippen molar-refractivity contribution in [2.24, 2.45) is 0 Å². The van der Waals surface area contributed by atoms with Crippen molar-refractivity contribution in [2.75, 3.05) is 13.2 Å². The summed E-state index contributed by atoms with van der Waals surface area (Å²) >= 11 is 0. The maximum Gasteiger partial charge on any atom is 0.335 e. The molecule has 0 radical (unpaired) electrons. The van der Waals surface area contributed by atoms with Gasteiger partial charge in [0.25, 0.3) is 0 Å². The first-order valence-corrected chi connectivity index (χ1v) is 30.3. The van der Waals surface area contributed by atoms with E-state index < -0.39 is 67.3 Å². The van der Waals surface area contributed by atoms with Crippen molar-refractivity contribution < 1.29 is 58.2 Å². The third-order valence-electron chi connectivity index (χ3n) is 13.6. The van der Waals surface area contributed by atoms with E-state index in [9.17, 15) is 34.5 Å². The molecule has 0 bridgehead atoms. The molecule has 1 fully saturated rings. The van der Waals surface area contributed by atoms with Crippen LogP contribution in [-0.2, 0) is 42.9 Å². The lowest BCUT2D eigenvalue weighted by molar-refractivity contribution is -0.301. The number of carbonyl (C=O) groups excluding carboxylic acids is 3. The van der Waals surface area contributed by atoms with Crippen LogP contribution in [-0.4, -0.2) is 89.2 Å². The Morgan fingerprint density at radius 3 is 1.27 bits per heavy atom. The minimum Gasteiger partial charge on any atom is -0.479 e. The largest absolute Gasteiger partial charge is 0.479 e. The molecular weight excluding hydrogens is 949 g/mol. The van der Waals surface area contributed by atoms with Gasteiger partial charge in [-0.15, -0.1) is 0 Å². The lowest BCUT2D eigenvalue weighted by atomic mass is 9.98. The summed E-state index contributed by atoms with van der Waals surface area (Å²) in [6.45, 7) is 5.84. The monoisotopic (exact) mass is 1060 g/mol. The Bertz CT molecular complexity index is 1540. The number of aliphatic hydroxyl groups excluding tert-OH is 2. The van der Waals surface area contributed by atoms with Crippen LogP contribution in [0.5, 0.6) is 0 Å². The van der Waals surface area contributed by atoms with Gasteiger partial charge in [-0.05, 0) is 57.8 Å². The molecule has 1 aliphatic rings. The fourth-order valence-electron chi connectivity index (χ4n) is 8.99. The molecule has 6 atom stereocenters. The van der Waals surface area contributed by atoms with Gasteiger partial charge in [0.2, 0.25) is 0 Å². The molecule has 0 aromatic carbocycles. The summed E-state index contributed by atoms with van der Waals surface area (Å²) in [6.07, 6.45) is 50.6. The van der Waals surface area contributed by atoms with E-state index in [1.54, 1.807) is 0 Å². The molecule has 1 heterocycles. The number of carboxylic acid groups (broad SMARTS) is 1. The minimum atomic E-state index is -1.91. The number of hydrogen-bond donors (Lipinski definition) is 3. The Morgan fingerprint density at radius 1 is 0.453 bits per heavy atom. The molecule has 1 rings (SSSR count). The van der Waals surface area contributed by atoms with Gasteiger partial charge in [0.1, 0.15) is 18.8 Å². The van der Waals surface area contributed by atoms with Crippen molar-refractivity contribution in [1.29, 1.82) is 0 Å². The highest BCUT2D eigenvalue weighted by molar-refractivity contribution is 5.74. The minimum absolute atomic E-state index is 0.0576. The van der Waals surface area contributed by atoms with Gasteiger partial charge in [0.15, 0.2) is 24.6 Å². The van der Waals surface area contributed by atoms with Crippen LogP contribution in [0.4, 0.5) is 0 Å². The number of carboxylic acids is 1. The molecule has 6 unspecified atom stereocenters. The van der Waals surface area contributed by atoms with E-state index in [1.165, 1.54) is 122 Å². The van der Waals surface area contributed by atoms with Gasteiger partial charge in [-0.2, -0.15) is 0 Å². The third kappa shape index (κ3) is 41.2. The molecule has 0 amide bonds. The molecule has 0 spiro atoms. The average Bonchev–Trinajstić information content (AvgIpc) is 3.39. The highest BCUT2D eigenvalue weighted by atomic mass is 16.7. The van der Waals surface area contributed by atoms with Crippen LogP contribution in [0.1, 0.15) is 265 Å². The molecule has 75 heavy (non-hydrogen) atoms. The van der Waals surface area contributed by atoms with E-state index in [4.69, 9.17) is 23.7 Å². The van der Waals surface area contributed by atoms with Crippen molar-refractivity contribution in [3.63, 3.8) is 0 Å². The number of ether oxygens (including phenoxy) is 5. The number of rotatable bonds is 51. The Hall–Kier alpha value is -3.58. The van der Waals surface area contributed by atoms with E-state index in [1.807, 2.05) is 6.08 Å². The quantitative estimate of drug-likeness (QED) is 0.0228. The van der Waals surface area contributed by atoms with E-state index in [0.717, 1.165) is 77.0 Å². The summed E-state index contributed by atoms with van der Waals surface area (Å²) in [5.74, 6) is -3.18. The normalized spacial score (nSPS) is 18.5. The van der Waals surface area contributed by atoms with E-state index in [0.29, 0.717) is 25.7 Å².